The smallest absolute Gasteiger partial charge is 0.155 e. The second kappa shape index (κ2) is 2.45. The first-order valence-corrected chi connectivity index (χ1v) is 2.69. The maximum atomic E-state index is 4.02. The molecule has 2 rings (SSSR count). The van der Waals surface area contributed by atoms with Crippen LogP contribution in [0.4, 0.5) is 0 Å². The second-order valence-electron chi connectivity index (χ2n) is 1.77. The Balaban J connectivity index is 0.000000500. The van der Waals surface area contributed by atoms with E-state index in [2.05, 4.69) is 9.97 Å². The molecule has 0 aliphatic carbocycles. The molecule has 2 heterocycles. The quantitative estimate of drug-likeness (QED) is 0.585. The summed E-state index contributed by atoms with van der Waals surface area (Å²) in [4.78, 5) is 7.92. The summed E-state index contributed by atoms with van der Waals surface area (Å²) in [6.07, 6.45) is 8.95. The maximum Gasteiger partial charge on any atom is 0.155 e. The van der Waals surface area contributed by atoms with Gasteiger partial charge in [-0.2, -0.15) is 0 Å². The standard InChI is InChI=1S/C6H5N3.H3N/c1-3-9-4-2-8-6(9)5-7-1;/h1-5H;1H3. The predicted molar refractivity (Wildman–Crippen MR) is 38.0 cm³/mol. The number of aromatic nitrogens is 3. The fraction of sp³-hybridized carbons (Fsp3) is 0. The summed E-state index contributed by atoms with van der Waals surface area (Å²) in [6.45, 7) is 0. The van der Waals surface area contributed by atoms with Gasteiger partial charge >= 0.3 is 0 Å². The van der Waals surface area contributed by atoms with E-state index in [1.807, 2.05) is 16.8 Å². The number of nitrogens with zero attached hydrogens (tertiary/aromatic N) is 3. The molecule has 0 bridgehead atoms. The Bertz CT molecular complexity index is 284. The fourth-order valence-corrected chi connectivity index (χ4v) is 0.771. The van der Waals surface area contributed by atoms with Crippen molar-refractivity contribution in [3.63, 3.8) is 0 Å². The highest BCUT2D eigenvalue weighted by atomic mass is 15.0. The van der Waals surface area contributed by atoms with E-state index in [-0.39, 0.29) is 6.15 Å². The van der Waals surface area contributed by atoms with Crippen molar-refractivity contribution < 1.29 is 0 Å². The van der Waals surface area contributed by atoms with Gasteiger partial charge in [0.05, 0.1) is 6.20 Å². The molecule has 0 atom stereocenters. The molecule has 3 N–H and O–H groups in total. The van der Waals surface area contributed by atoms with Gasteiger partial charge in [-0.1, -0.05) is 0 Å². The lowest BCUT2D eigenvalue weighted by molar-refractivity contribution is 1.13. The lowest BCUT2D eigenvalue weighted by atomic mass is 10.7. The van der Waals surface area contributed by atoms with Gasteiger partial charge in [-0.05, 0) is 0 Å². The monoisotopic (exact) mass is 136 g/mol. The van der Waals surface area contributed by atoms with Crippen LogP contribution in [-0.2, 0) is 0 Å². The van der Waals surface area contributed by atoms with E-state index in [0.29, 0.717) is 0 Å². The zero-order valence-corrected chi connectivity index (χ0v) is 5.44. The number of fused-ring (bicyclic) bond motifs is 1. The Morgan fingerprint density at radius 3 is 2.80 bits per heavy atom. The number of imidazole rings is 1. The van der Waals surface area contributed by atoms with Gasteiger partial charge < -0.3 is 10.6 Å². The van der Waals surface area contributed by atoms with Crippen LogP contribution in [0.5, 0.6) is 0 Å². The molecule has 0 fully saturated rings. The summed E-state index contributed by atoms with van der Waals surface area (Å²) in [6, 6.07) is 0. The van der Waals surface area contributed by atoms with Crippen LogP contribution < -0.4 is 6.15 Å². The predicted octanol–water partition coefficient (Wildman–Crippen LogP) is 0.891. The van der Waals surface area contributed by atoms with E-state index >= 15 is 0 Å². The van der Waals surface area contributed by atoms with Gasteiger partial charge in [0.15, 0.2) is 5.65 Å². The Kier molecular flexibility index (Phi) is 1.64. The van der Waals surface area contributed by atoms with Crippen LogP contribution in [0.2, 0.25) is 0 Å². The Hall–Kier alpha value is -1.42. The van der Waals surface area contributed by atoms with Gasteiger partial charge in [0.25, 0.3) is 0 Å². The zero-order valence-electron chi connectivity index (χ0n) is 5.44. The van der Waals surface area contributed by atoms with Crippen molar-refractivity contribution in [2.24, 2.45) is 0 Å². The highest BCUT2D eigenvalue weighted by Crippen LogP contribution is 1.93. The Labute approximate surface area is 58.1 Å². The third-order valence-corrected chi connectivity index (χ3v) is 1.20. The van der Waals surface area contributed by atoms with Crippen molar-refractivity contribution in [1.29, 1.82) is 0 Å². The summed E-state index contributed by atoms with van der Waals surface area (Å²) < 4.78 is 1.91. The maximum absolute atomic E-state index is 4.02. The molecule has 0 saturated heterocycles. The van der Waals surface area contributed by atoms with E-state index in [9.17, 15) is 0 Å². The van der Waals surface area contributed by atoms with Crippen LogP contribution in [0.3, 0.4) is 0 Å². The highest BCUT2D eigenvalue weighted by molar-refractivity contribution is 5.33. The molecular weight excluding hydrogens is 128 g/mol. The van der Waals surface area contributed by atoms with E-state index in [1.54, 1.807) is 18.6 Å². The normalized spacial score (nSPS) is 9.20. The van der Waals surface area contributed by atoms with Crippen molar-refractivity contribution in [3.05, 3.63) is 31.0 Å². The number of hydrogen-bond acceptors (Lipinski definition) is 3. The van der Waals surface area contributed by atoms with Crippen LogP contribution in [0.25, 0.3) is 5.65 Å². The van der Waals surface area contributed by atoms with Crippen molar-refractivity contribution in [2.45, 2.75) is 0 Å². The molecule has 10 heavy (non-hydrogen) atoms. The summed E-state index contributed by atoms with van der Waals surface area (Å²) >= 11 is 0. The molecule has 0 aliphatic rings. The number of hydrogen-bond donors (Lipinski definition) is 1. The Morgan fingerprint density at radius 2 is 2.00 bits per heavy atom. The van der Waals surface area contributed by atoms with Crippen LogP contribution in [0.1, 0.15) is 0 Å². The van der Waals surface area contributed by atoms with Crippen molar-refractivity contribution in [1.82, 2.24) is 20.5 Å². The van der Waals surface area contributed by atoms with E-state index in [4.69, 9.17) is 0 Å². The minimum atomic E-state index is 0. The molecule has 0 aromatic carbocycles. The van der Waals surface area contributed by atoms with Gasteiger partial charge in [0.1, 0.15) is 0 Å². The van der Waals surface area contributed by atoms with Gasteiger partial charge in [0, 0.05) is 24.8 Å². The van der Waals surface area contributed by atoms with Gasteiger partial charge in [0.2, 0.25) is 0 Å². The molecule has 0 amide bonds. The fourth-order valence-electron chi connectivity index (χ4n) is 0.771. The summed E-state index contributed by atoms with van der Waals surface area (Å²) in [5.41, 5.74) is 0.887. The van der Waals surface area contributed by atoms with Crippen LogP contribution in [-0.4, -0.2) is 14.4 Å². The average Bonchev–Trinajstić information content (AvgIpc) is 2.33. The first kappa shape index (κ1) is 6.70. The molecule has 4 nitrogen and oxygen atoms in total. The summed E-state index contributed by atoms with van der Waals surface area (Å²) in [5.74, 6) is 0. The lowest BCUT2D eigenvalue weighted by Crippen LogP contribution is -1.81. The van der Waals surface area contributed by atoms with Gasteiger partial charge in [-0.3, -0.25) is 4.98 Å². The van der Waals surface area contributed by atoms with Gasteiger partial charge in [-0.25, -0.2) is 4.98 Å². The topological polar surface area (TPSA) is 65.2 Å². The molecule has 0 aliphatic heterocycles. The van der Waals surface area contributed by atoms with Crippen molar-refractivity contribution in [2.75, 3.05) is 0 Å². The van der Waals surface area contributed by atoms with Crippen LogP contribution in [0, 0.1) is 0 Å². The summed E-state index contributed by atoms with van der Waals surface area (Å²) in [7, 11) is 0. The van der Waals surface area contributed by atoms with Crippen LogP contribution >= 0.6 is 0 Å². The van der Waals surface area contributed by atoms with Gasteiger partial charge in [-0.15, -0.1) is 0 Å². The van der Waals surface area contributed by atoms with Crippen molar-refractivity contribution >= 4 is 5.65 Å². The lowest BCUT2D eigenvalue weighted by Gasteiger charge is -1.86. The molecule has 0 spiro atoms. The molecule has 0 radical (unpaired) electrons. The second-order valence-corrected chi connectivity index (χ2v) is 1.77. The minimum Gasteiger partial charge on any atom is -0.344 e. The SMILES string of the molecule is N.c1cn2ccnc2cn1. The third-order valence-electron chi connectivity index (χ3n) is 1.20. The van der Waals surface area contributed by atoms with Crippen LogP contribution in [0.15, 0.2) is 31.0 Å². The first-order chi connectivity index (χ1) is 4.47. The zero-order chi connectivity index (χ0) is 6.10. The molecule has 4 heteroatoms. The van der Waals surface area contributed by atoms with E-state index in [1.165, 1.54) is 0 Å². The summed E-state index contributed by atoms with van der Waals surface area (Å²) in [5, 5.41) is 0. The Morgan fingerprint density at radius 1 is 1.20 bits per heavy atom. The molecule has 2 aromatic rings. The van der Waals surface area contributed by atoms with E-state index in [0.717, 1.165) is 5.65 Å². The molecule has 0 saturated carbocycles. The molecular formula is C6H8N4. The molecule has 2 aromatic heterocycles. The molecule has 52 valence electrons. The van der Waals surface area contributed by atoms with E-state index < -0.39 is 0 Å². The van der Waals surface area contributed by atoms with Crippen molar-refractivity contribution in [3.8, 4) is 0 Å². The minimum absolute atomic E-state index is 0. The molecule has 0 unspecified atom stereocenters. The largest absolute Gasteiger partial charge is 0.344 e. The third kappa shape index (κ3) is 0.844. The average molecular weight is 136 g/mol. The highest BCUT2D eigenvalue weighted by Gasteiger charge is 1.86. The number of rotatable bonds is 0. The first-order valence-electron chi connectivity index (χ1n) is 2.69.